The summed E-state index contributed by atoms with van der Waals surface area (Å²) in [6.07, 6.45) is 1.01. The third-order valence-corrected chi connectivity index (χ3v) is 2.15. The molecule has 0 radical (unpaired) electrons. The van der Waals surface area contributed by atoms with E-state index >= 15 is 0 Å². The van der Waals surface area contributed by atoms with Gasteiger partial charge in [0, 0.05) is 12.6 Å². The van der Waals surface area contributed by atoms with Gasteiger partial charge in [-0.15, -0.1) is 0 Å². The molecule has 0 fully saturated rings. The topological polar surface area (TPSA) is 41.1 Å². The van der Waals surface area contributed by atoms with E-state index in [0.717, 1.165) is 13.0 Å². The molecule has 0 aliphatic heterocycles. The van der Waals surface area contributed by atoms with Crippen LogP contribution in [-0.4, -0.2) is 24.5 Å². The first-order chi connectivity index (χ1) is 6.72. The van der Waals surface area contributed by atoms with E-state index in [-0.39, 0.29) is 17.4 Å². The third-order valence-electron chi connectivity index (χ3n) is 2.15. The molecule has 2 N–H and O–H groups in total. The van der Waals surface area contributed by atoms with Crippen LogP contribution in [0.2, 0.25) is 0 Å². The highest BCUT2D eigenvalue weighted by molar-refractivity contribution is 5.81. The van der Waals surface area contributed by atoms with Crippen molar-refractivity contribution in [2.45, 2.75) is 60.0 Å². The molecule has 3 heteroatoms. The van der Waals surface area contributed by atoms with Crippen LogP contribution in [0.1, 0.15) is 48.0 Å². The largest absolute Gasteiger partial charge is 0.355 e. The van der Waals surface area contributed by atoms with Crippen molar-refractivity contribution in [3.05, 3.63) is 0 Å². The average Bonchev–Trinajstić information content (AvgIpc) is 2.00. The number of nitrogens with one attached hydrogen (secondary N) is 2. The molecule has 0 rings (SSSR count). The maximum absolute atomic E-state index is 11.6. The molecule has 0 bridgehead atoms. The minimum Gasteiger partial charge on any atom is -0.355 e. The van der Waals surface area contributed by atoms with Crippen molar-refractivity contribution in [2.24, 2.45) is 5.41 Å². The summed E-state index contributed by atoms with van der Waals surface area (Å²) in [4.78, 5) is 11.6. The number of hydrogen-bond donors (Lipinski definition) is 2. The second-order valence-corrected chi connectivity index (χ2v) is 5.64. The summed E-state index contributed by atoms with van der Waals surface area (Å²) in [5.74, 6) is 0.0907. The summed E-state index contributed by atoms with van der Waals surface area (Å²) in [6, 6.07) is 0.235. The standard InChI is InChI=1S/C12H26N2O/c1-9(2)14-10(3)11(15)13-8-7-12(4,5)6/h9-10,14H,7-8H2,1-6H3,(H,13,15)/t10-/m0/s1. The molecule has 0 aromatic carbocycles. The lowest BCUT2D eigenvalue weighted by Gasteiger charge is -2.20. The molecule has 3 nitrogen and oxygen atoms in total. The van der Waals surface area contributed by atoms with Crippen molar-refractivity contribution in [3.63, 3.8) is 0 Å². The van der Waals surface area contributed by atoms with Gasteiger partial charge < -0.3 is 10.6 Å². The monoisotopic (exact) mass is 214 g/mol. The predicted octanol–water partition coefficient (Wildman–Crippen LogP) is 1.93. The zero-order valence-electron chi connectivity index (χ0n) is 11.0. The Morgan fingerprint density at radius 2 is 1.73 bits per heavy atom. The minimum atomic E-state index is -0.107. The van der Waals surface area contributed by atoms with Crippen LogP contribution < -0.4 is 10.6 Å². The number of carbonyl (C=O) groups is 1. The fourth-order valence-electron chi connectivity index (χ4n) is 1.29. The quantitative estimate of drug-likeness (QED) is 0.734. The van der Waals surface area contributed by atoms with Gasteiger partial charge in [-0.1, -0.05) is 34.6 Å². The SMILES string of the molecule is CC(C)N[C@@H](C)C(=O)NCCC(C)(C)C. The first-order valence-electron chi connectivity index (χ1n) is 5.76. The molecule has 0 saturated carbocycles. The zero-order chi connectivity index (χ0) is 12.1. The van der Waals surface area contributed by atoms with Crippen LogP contribution in [0.5, 0.6) is 0 Å². The van der Waals surface area contributed by atoms with Crippen molar-refractivity contribution >= 4 is 5.91 Å². The van der Waals surface area contributed by atoms with Gasteiger partial charge in [-0.2, -0.15) is 0 Å². The van der Waals surface area contributed by atoms with E-state index in [2.05, 4.69) is 31.4 Å². The average molecular weight is 214 g/mol. The Morgan fingerprint density at radius 3 is 2.13 bits per heavy atom. The number of amides is 1. The fourth-order valence-corrected chi connectivity index (χ4v) is 1.29. The Balaban J connectivity index is 3.74. The smallest absolute Gasteiger partial charge is 0.236 e. The minimum absolute atomic E-state index is 0.0907. The Labute approximate surface area is 94.0 Å². The number of rotatable bonds is 5. The van der Waals surface area contributed by atoms with Gasteiger partial charge in [0.2, 0.25) is 5.91 Å². The van der Waals surface area contributed by atoms with Crippen molar-refractivity contribution < 1.29 is 4.79 Å². The lowest BCUT2D eigenvalue weighted by molar-refractivity contribution is -0.122. The maximum atomic E-state index is 11.6. The molecule has 15 heavy (non-hydrogen) atoms. The molecule has 0 spiro atoms. The Kier molecular flexibility index (Phi) is 5.88. The maximum Gasteiger partial charge on any atom is 0.236 e. The molecule has 0 saturated heterocycles. The van der Waals surface area contributed by atoms with Gasteiger partial charge in [0.1, 0.15) is 0 Å². The Bertz CT molecular complexity index is 194. The van der Waals surface area contributed by atoms with Crippen LogP contribution in [0.4, 0.5) is 0 Å². The molecule has 1 atom stereocenters. The number of carbonyl (C=O) groups excluding carboxylic acids is 1. The van der Waals surface area contributed by atoms with E-state index in [1.165, 1.54) is 0 Å². The van der Waals surface area contributed by atoms with E-state index in [4.69, 9.17) is 0 Å². The van der Waals surface area contributed by atoms with Crippen molar-refractivity contribution in [2.75, 3.05) is 6.54 Å². The van der Waals surface area contributed by atoms with E-state index in [1.54, 1.807) is 0 Å². The highest BCUT2D eigenvalue weighted by Gasteiger charge is 2.14. The van der Waals surface area contributed by atoms with Gasteiger partial charge in [-0.25, -0.2) is 0 Å². The zero-order valence-corrected chi connectivity index (χ0v) is 11.0. The summed E-state index contributed by atoms with van der Waals surface area (Å²) in [6.45, 7) is 13.3. The summed E-state index contributed by atoms with van der Waals surface area (Å²) >= 11 is 0. The van der Waals surface area contributed by atoms with Crippen LogP contribution in [0.3, 0.4) is 0 Å². The second kappa shape index (κ2) is 6.11. The van der Waals surface area contributed by atoms with E-state index in [9.17, 15) is 4.79 Å². The number of hydrogen-bond acceptors (Lipinski definition) is 2. The van der Waals surface area contributed by atoms with Gasteiger partial charge in [0.25, 0.3) is 0 Å². The van der Waals surface area contributed by atoms with Crippen molar-refractivity contribution in [3.8, 4) is 0 Å². The van der Waals surface area contributed by atoms with E-state index in [0.29, 0.717) is 6.04 Å². The van der Waals surface area contributed by atoms with Crippen LogP contribution in [0, 0.1) is 5.41 Å². The molecule has 0 unspecified atom stereocenters. The Morgan fingerprint density at radius 1 is 1.20 bits per heavy atom. The second-order valence-electron chi connectivity index (χ2n) is 5.64. The van der Waals surface area contributed by atoms with Gasteiger partial charge in [-0.05, 0) is 18.8 Å². The normalized spacial score (nSPS) is 14.1. The predicted molar refractivity (Wildman–Crippen MR) is 64.8 cm³/mol. The molecular formula is C12H26N2O. The molecule has 1 amide bonds. The molecule has 0 aromatic rings. The summed E-state index contributed by atoms with van der Waals surface area (Å²) in [5.41, 5.74) is 0.280. The third kappa shape index (κ3) is 8.43. The first kappa shape index (κ1) is 14.4. The van der Waals surface area contributed by atoms with Crippen molar-refractivity contribution in [1.29, 1.82) is 0 Å². The molecule has 0 aliphatic carbocycles. The molecule has 0 aromatic heterocycles. The first-order valence-corrected chi connectivity index (χ1v) is 5.76. The van der Waals surface area contributed by atoms with Gasteiger partial charge >= 0.3 is 0 Å². The highest BCUT2D eigenvalue weighted by atomic mass is 16.2. The van der Waals surface area contributed by atoms with Gasteiger partial charge in [0.15, 0.2) is 0 Å². The van der Waals surface area contributed by atoms with Crippen molar-refractivity contribution in [1.82, 2.24) is 10.6 Å². The fraction of sp³-hybridized carbons (Fsp3) is 0.917. The van der Waals surface area contributed by atoms with Crippen LogP contribution in [-0.2, 0) is 4.79 Å². The summed E-state index contributed by atoms with van der Waals surface area (Å²) < 4.78 is 0. The van der Waals surface area contributed by atoms with E-state index < -0.39 is 0 Å². The van der Waals surface area contributed by atoms with Crippen LogP contribution in [0.25, 0.3) is 0 Å². The lowest BCUT2D eigenvalue weighted by Crippen LogP contribution is -2.45. The van der Waals surface area contributed by atoms with Gasteiger partial charge in [-0.3, -0.25) is 4.79 Å². The molecule has 90 valence electrons. The molecular weight excluding hydrogens is 188 g/mol. The summed E-state index contributed by atoms with van der Waals surface area (Å²) in [7, 11) is 0. The van der Waals surface area contributed by atoms with E-state index in [1.807, 2.05) is 20.8 Å². The summed E-state index contributed by atoms with van der Waals surface area (Å²) in [5, 5.41) is 6.12. The molecule has 0 aliphatic rings. The molecule has 0 heterocycles. The Hall–Kier alpha value is -0.570. The van der Waals surface area contributed by atoms with Crippen LogP contribution in [0.15, 0.2) is 0 Å². The lowest BCUT2D eigenvalue weighted by atomic mass is 9.92. The highest BCUT2D eigenvalue weighted by Crippen LogP contribution is 2.16. The van der Waals surface area contributed by atoms with Gasteiger partial charge in [0.05, 0.1) is 6.04 Å². The van der Waals surface area contributed by atoms with Crippen LogP contribution >= 0.6 is 0 Å².